The van der Waals surface area contributed by atoms with Crippen molar-refractivity contribution in [3.05, 3.63) is 86.7 Å². The fourth-order valence-electron chi connectivity index (χ4n) is 4.06. The van der Waals surface area contributed by atoms with Crippen LogP contribution >= 0.6 is 34.7 Å². The zero-order chi connectivity index (χ0) is 28.2. The van der Waals surface area contributed by atoms with Gasteiger partial charge in [-0.25, -0.2) is 4.98 Å². The van der Waals surface area contributed by atoms with Gasteiger partial charge >= 0.3 is 0 Å². The number of nitrogens with one attached hydrogen (secondary N) is 2. The molecule has 10 nitrogen and oxygen atoms in total. The monoisotopic (exact) mass is 595 g/mol. The van der Waals surface area contributed by atoms with Gasteiger partial charge in [0.25, 0.3) is 11.5 Å². The Kier molecular flexibility index (Phi) is 8.60. The van der Waals surface area contributed by atoms with Gasteiger partial charge in [-0.05, 0) is 50.1 Å². The molecule has 2 N–H and O–H groups in total. The van der Waals surface area contributed by atoms with E-state index in [4.69, 9.17) is 21.7 Å². The number of benzene rings is 1. The van der Waals surface area contributed by atoms with Gasteiger partial charge in [0.05, 0.1) is 17.1 Å². The third-order valence-corrected chi connectivity index (χ3v) is 8.37. The lowest BCUT2D eigenvalue weighted by Crippen LogP contribution is -2.32. The maximum absolute atomic E-state index is 13.4. The van der Waals surface area contributed by atoms with E-state index in [1.807, 2.05) is 38.1 Å². The number of hydrogen-bond acceptors (Lipinski definition) is 9. The van der Waals surface area contributed by atoms with Gasteiger partial charge in [0.15, 0.2) is 4.34 Å². The van der Waals surface area contributed by atoms with Gasteiger partial charge in [-0.3, -0.25) is 24.7 Å². The molecule has 0 saturated carbocycles. The summed E-state index contributed by atoms with van der Waals surface area (Å²) in [5, 5.41) is 21.1. The summed E-state index contributed by atoms with van der Waals surface area (Å²) in [6.45, 7) is 4.72. The molecule has 0 aliphatic carbocycles. The second-order valence-corrected chi connectivity index (χ2v) is 11.7. The SMILES string of the molecule is CC(C)OCCCn1c(=N)c(C(=O)Nc2nnc(SCc3ccccc3Cl)s2)cc2c(=O)n3ccccc3nc21. The highest BCUT2D eigenvalue weighted by Crippen LogP contribution is 2.30. The maximum Gasteiger partial charge on any atom is 0.267 e. The van der Waals surface area contributed by atoms with E-state index in [1.165, 1.54) is 33.6 Å². The van der Waals surface area contributed by atoms with Crippen LogP contribution < -0.4 is 16.4 Å². The molecule has 0 aliphatic heterocycles. The minimum atomic E-state index is -0.560. The number of fused-ring (bicyclic) bond motifs is 2. The molecule has 1 amide bonds. The summed E-state index contributed by atoms with van der Waals surface area (Å²) in [6.07, 6.45) is 2.27. The maximum atomic E-state index is 13.4. The number of aromatic nitrogens is 5. The minimum absolute atomic E-state index is 0.0347. The Morgan fingerprint density at radius 3 is 2.80 bits per heavy atom. The van der Waals surface area contributed by atoms with Crippen molar-refractivity contribution >= 4 is 62.4 Å². The third kappa shape index (κ3) is 6.09. The van der Waals surface area contributed by atoms with Gasteiger partial charge in [0.2, 0.25) is 5.13 Å². The molecule has 4 heterocycles. The number of anilines is 1. The molecule has 0 unspecified atom stereocenters. The summed E-state index contributed by atoms with van der Waals surface area (Å²) in [4.78, 5) is 31.4. The summed E-state index contributed by atoms with van der Waals surface area (Å²) in [6, 6.07) is 14.3. The van der Waals surface area contributed by atoms with Crippen molar-refractivity contribution in [2.45, 2.75) is 43.0 Å². The molecule has 0 spiro atoms. The first kappa shape index (κ1) is 28.0. The highest BCUT2D eigenvalue weighted by atomic mass is 35.5. The number of carbonyl (C=O) groups excluding carboxylic acids is 1. The van der Waals surface area contributed by atoms with E-state index in [0.717, 1.165) is 5.56 Å². The fourth-order valence-corrected chi connectivity index (χ4v) is 6.09. The van der Waals surface area contributed by atoms with Crippen LogP contribution in [-0.2, 0) is 17.0 Å². The van der Waals surface area contributed by atoms with Crippen LogP contribution in [0.5, 0.6) is 0 Å². The molecule has 0 radical (unpaired) electrons. The Labute approximate surface area is 242 Å². The highest BCUT2D eigenvalue weighted by Gasteiger charge is 2.19. The van der Waals surface area contributed by atoms with Crippen molar-refractivity contribution < 1.29 is 9.53 Å². The quantitative estimate of drug-likeness (QED) is 0.101. The minimum Gasteiger partial charge on any atom is -0.379 e. The van der Waals surface area contributed by atoms with Crippen molar-refractivity contribution in [1.82, 2.24) is 24.1 Å². The summed E-state index contributed by atoms with van der Waals surface area (Å²) in [5.41, 5.74) is 1.43. The number of carbonyl (C=O) groups is 1. The molecule has 0 fully saturated rings. The highest BCUT2D eigenvalue weighted by molar-refractivity contribution is 8.00. The second kappa shape index (κ2) is 12.3. The van der Waals surface area contributed by atoms with E-state index in [1.54, 1.807) is 29.0 Å². The van der Waals surface area contributed by atoms with Crippen molar-refractivity contribution in [3.63, 3.8) is 0 Å². The number of pyridine rings is 2. The first-order chi connectivity index (χ1) is 19.3. The number of halogens is 1. The van der Waals surface area contributed by atoms with Crippen molar-refractivity contribution in [1.29, 1.82) is 5.41 Å². The predicted molar refractivity (Wildman–Crippen MR) is 157 cm³/mol. The lowest BCUT2D eigenvalue weighted by Gasteiger charge is -2.15. The van der Waals surface area contributed by atoms with Gasteiger partial charge in [0.1, 0.15) is 16.8 Å². The van der Waals surface area contributed by atoms with Crippen LogP contribution in [0, 0.1) is 5.41 Å². The first-order valence-corrected chi connectivity index (χ1v) is 14.7. The molecule has 206 valence electrons. The lowest BCUT2D eigenvalue weighted by molar-refractivity contribution is 0.0748. The van der Waals surface area contributed by atoms with Crippen LogP contribution in [0.1, 0.15) is 36.2 Å². The molecular formula is C27H26ClN7O3S2. The number of hydrogen-bond donors (Lipinski definition) is 2. The molecular weight excluding hydrogens is 570 g/mol. The molecule has 13 heteroatoms. The average molecular weight is 596 g/mol. The van der Waals surface area contributed by atoms with Crippen molar-refractivity contribution in [3.8, 4) is 0 Å². The second-order valence-electron chi connectivity index (χ2n) is 9.12. The zero-order valence-electron chi connectivity index (χ0n) is 21.8. The van der Waals surface area contributed by atoms with Gasteiger partial charge in [0, 0.05) is 30.1 Å². The summed E-state index contributed by atoms with van der Waals surface area (Å²) in [5.74, 6) is 0.0466. The molecule has 0 saturated heterocycles. The van der Waals surface area contributed by atoms with E-state index in [-0.39, 0.29) is 33.2 Å². The van der Waals surface area contributed by atoms with E-state index >= 15 is 0 Å². The molecule has 40 heavy (non-hydrogen) atoms. The van der Waals surface area contributed by atoms with Crippen LogP contribution in [0.15, 0.2) is 63.9 Å². The number of nitrogens with zero attached hydrogens (tertiary/aromatic N) is 5. The van der Waals surface area contributed by atoms with Gasteiger partial charge in [-0.2, -0.15) is 0 Å². The lowest BCUT2D eigenvalue weighted by atomic mass is 10.2. The van der Waals surface area contributed by atoms with Gasteiger partial charge in [-0.15, -0.1) is 10.2 Å². The van der Waals surface area contributed by atoms with E-state index in [0.29, 0.717) is 46.0 Å². The Morgan fingerprint density at radius 1 is 1.20 bits per heavy atom. The number of amides is 1. The smallest absolute Gasteiger partial charge is 0.267 e. The predicted octanol–water partition coefficient (Wildman–Crippen LogP) is 4.99. The molecule has 4 aromatic heterocycles. The van der Waals surface area contributed by atoms with Crippen LogP contribution in [0.25, 0.3) is 16.7 Å². The summed E-state index contributed by atoms with van der Waals surface area (Å²) >= 11 is 8.92. The zero-order valence-corrected chi connectivity index (χ0v) is 24.1. The van der Waals surface area contributed by atoms with Crippen molar-refractivity contribution in [2.24, 2.45) is 0 Å². The van der Waals surface area contributed by atoms with Crippen LogP contribution in [-0.4, -0.2) is 42.8 Å². The van der Waals surface area contributed by atoms with Gasteiger partial charge in [-0.1, -0.05) is 59.0 Å². The topological polar surface area (TPSA) is 127 Å². The Morgan fingerprint density at radius 2 is 2.00 bits per heavy atom. The van der Waals surface area contributed by atoms with E-state index < -0.39 is 5.91 Å². The summed E-state index contributed by atoms with van der Waals surface area (Å²) < 4.78 is 9.34. The van der Waals surface area contributed by atoms with Crippen molar-refractivity contribution in [2.75, 3.05) is 11.9 Å². The summed E-state index contributed by atoms with van der Waals surface area (Å²) in [7, 11) is 0. The molecule has 0 atom stereocenters. The molecule has 1 aromatic carbocycles. The molecule has 0 aliphatic rings. The number of thioether (sulfide) groups is 1. The van der Waals surface area contributed by atoms with Crippen LogP contribution in [0.2, 0.25) is 5.02 Å². The third-order valence-electron chi connectivity index (χ3n) is 5.98. The van der Waals surface area contributed by atoms with Crippen LogP contribution in [0.3, 0.4) is 0 Å². The Balaban J connectivity index is 1.44. The average Bonchev–Trinajstić information content (AvgIpc) is 3.38. The normalized spacial score (nSPS) is 11.5. The largest absolute Gasteiger partial charge is 0.379 e. The number of ether oxygens (including phenoxy) is 1. The Bertz CT molecular complexity index is 1820. The standard InChI is InChI=1S/C27H26ClN7O3S2/c1-16(2)38-13-7-12-35-22(29)18(14-19-23(35)30-21-10-5-6-11-34(21)25(19)37)24(36)31-26-32-33-27(40-26)39-15-17-8-3-4-9-20(17)28/h3-6,8-11,14,16,29H,7,12-13,15H2,1-2H3,(H,31,32,36). The van der Waals surface area contributed by atoms with Crippen LogP contribution in [0.4, 0.5) is 5.13 Å². The van der Waals surface area contributed by atoms with Gasteiger partial charge < -0.3 is 9.30 Å². The number of rotatable bonds is 10. The first-order valence-electron chi connectivity index (χ1n) is 12.5. The fraction of sp³-hybridized carbons (Fsp3) is 0.259. The Hall–Kier alpha value is -3.58. The molecule has 5 aromatic rings. The van der Waals surface area contributed by atoms with E-state index in [9.17, 15) is 9.59 Å². The van der Waals surface area contributed by atoms with E-state index in [2.05, 4.69) is 20.5 Å². The number of aryl methyl sites for hydroxylation is 1. The molecule has 0 bridgehead atoms. The molecule has 5 rings (SSSR count).